The summed E-state index contributed by atoms with van der Waals surface area (Å²) in [5.74, 6) is 1.34. The maximum absolute atomic E-state index is 14.0. The van der Waals surface area contributed by atoms with Crippen molar-refractivity contribution in [1.82, 2.24) is 5.32 Å². The van der Waals surface area contributed by atoms with Crippen LogP contribution in [-0.4, -0.2) is 41.9 Å². The molecule has 1 N–H and O–H groups in total. The summed E-state index contributed by atoms with van der Waals surface area (Å²) in [4.78, 5) is 13.2. The van der Waals surface area contributed by atoms with Crippen molar-refractivity contribution in [2.24, 2.45) is 0 Å². The first-order valence-corrected chi connectivity index (χ1v) is 9.86. The Morgan fingerprint density at radius 1 is 1.55 bits per heavy atom. The van der Waals surface area contributed by atoms with Crippen molar-refractivity contribution in [3.63, 3.8) is 0 Å². The third kappa shape index (κ3) is 3.29. The quantitative estimate of drug-likeness (QED) is 0.856. The van der Waals surface area contributed by atoms with Gasteiger partial charge in [-0.25, -0.2) is 4.39 Å². The zero-order valence-corrected chi connectivity index (χ0v) is 14.2. The fourth-order valence-electron chi connectivity index (χ4n) is 3.17. The molecule has 0 bridgehead atoms. The molecule has 3 nitrogen and oxygen atoms in total. The van der Waals surface area contributed by atoms with Gasteiger partial charge in [0.1, 0.15) is 5.82 Å². The van der Waals surface area contributed by atoms with Crippen LogP contribution in [0.1, 0.15) is 29.6 Å². The van der Waals surface area contributed by atoms with Crippen molar-refractivity contribution in [2.45, 2.75) is 35.8 Å². The first-order valence-electron chi connectivity index (χ1n) is 7.49. The normalized spacial score (nSPS) is 28.0. The number of benzene rings is 1. The lowest BCUT2D eigenvalue weighted by Gasteiger charge is -2.38. The molecule has 0 aromatic heterocycles. The summed E-state index contributed by atoms with van der Waals surface area (Å²) in [6.45, 7) is 0.665. The Hall–Kier alpha value is -0.720. The Kier molecular flexibility index (Phi) is 5.00. The summed E-state index contributed by atoms with van der Waals surface area (Å²) in [7, 11) is 0. The number of carbonyl (C=O) groups is 1. The molecule has 2 aliphatic rings. The lowest BCUT2D eigenvalue weighted by atomic mass is 9.89. The highest BCUT2D eigenvalue weighted by Crippen LogP contribution is 2.38. The number of amides is 1. The molecule has 1 amide bonds. The molecule has 6 heteroatoms. The standard InChI is InChI=1S/C16H20FNO2S2/c1-21-13-4-2-3-12(17)14(13)15(19)18-11-5-7-20-16(9-11)6-8-22-10-16/h2-4,11H,5-10H2,1H3,(H,18,19). The van der Waals surface area contributed by atoms with Crippen molar-refractivity contribution < 1.29 is 13.9 Å². The number of carbonyl (C=O) groups excluding carboxylic acids is 1. The lowest BCUT2D eigenvalue weighted by molar-refractivity contribution is -0.0688. The maximum Gasteiger partial charge on any atom is 0.255 e. The van der Waals surface area contributed by atoms with Gasteiger partial charge >= 0.3 is 0 Å². The van der Waals surface area contributed by atoms with Gasteiger partial charge in [-0.15, -0.1) is 11.8 Å². The van der Waals surface area contributed by atoms with Crippen molar-refractivity contribution in [1.29, 1.82) is 0 Å². The number of halogens is 1. The van der Waals surface area contributed by atoms with Crippen LogP contribution >= 0.6 is 23.5 Å². The molecule has 3 rings (SSSR count). The van der Waals surface area contributed by atoms with E-state index in [1.165, 1.54) is 17.8 Å². The summed E-state index contributed by atoms with van der Waals surface area (Å²) >= 11 is 3.29. The van der Waals surface area contributed by atoms with Gasteiger partial charge in [-0.2, -0.15) is 11.8 Å². The topological polar surface area (TPSA) is 38.3 Å². The number of rotatable bonds is 3. The molecule has 0 saturated carbocycles. The summed E-state index contributed by atoms with van der Waals surface area (Å²) in [6.07, 6.45) is 4.51. The van der Waals surface area contributed by atoms with Crippen LogP contribution in [0.4, 0.5) is 4.39 Å². The average Bonchev–Trinajstić information content (AvgIpc) is 2.94. The highest BCUT2D eigenvalue weighted by atomic mass is 32.2. The van der Waals surface area contributed by atoms with Crippen molar-refractivity contribution in [3.05, 3.63) is 29.6 Å². The molecule has 0 radical (unpaired) electrons. The van der Waals surface area contributed by atoms with Crippen LogP contribution in [0.15, 0.2) is 23.1 Å². The van der Waals surface area contributed by atoms with Crippen molar-refractivity contribution in [2.75, 3.05) is 24.4 Å². The van der Waals surface area contributed by atoms with E-state index in [-0.39, 0.29) is 23.1 Å². The second-order valence-electron chi connectivity index (χ2n) is 5.81. The third-order valence-electron chi connectivity index (χ3n) is 4.32. The van der Waals surface area contributed by atoms with E-state index in [1.807, 2.05) is 18.0 Å². The van der Waals surface area contributed by atoms with Crippen molar-refractivity contribution in [3.8, 4) is 0 Å². The van der Waals surface area contributed by atoms with Gasteiger partial charge in [0.15, 0.2) is 0 Å². The van der Waals surface area contributed by atoms with Gasteiger partial charge in [0.05, 0.1) is 11.2 Å². The van der Waals surface area contributed by atoms with Crippen LogP contribution in [0, 0.1) is 5.82 Å². The fourth-order valence-corrected chi connectivity index (χ4v) is 5.15. The molecule has 120 valence electrons. The highest BCUT2D eigenvalue weighted by molar-refractivity contribution is 7.99. The first kappa shape index (κ1) is 16.1. The van der Waals surface area contributed by atoms with Gasteiger partial charge < -0.3 is 10.1 Å². The number of ether oxygens (including phenoxy) is 1. The molecule has 22 heavy (non-hydrogen) atoms. The first-order chi connectivity index (χ1) is 10.6. The van der Waals surface area contributed by atoms with E-state index in [4.69, 9.17) is 4.74 Å². The lowest BCUT2D eigenvalue weighted by Crippen LogP contribution is -2.48. The van der Waals surface area contributed by atoms with E-state index < -0.39 is 5.82 Å². The SMILES string of the molecule is CSc1cccc(F)c1C(=O)NC1CCOC2(CCSC2)C1. The Balaban J connectivity index is 1.72. The van der Waals surface area contributed by atoms with Gasteiger partial charge in [-0.05, 0) is 43.4 Å². The van der Waals surface area contributed by atoms with E-state index in [2.05, 4.69) is 5.32 Å². The Morgan fingerprint density at radius 2 is 2.41 bits per heavy atom. The summed E-state index contributed by atoms with van der Waals surface area (Å²) in [5, 5.41) is 3.02. The highest BCUT2D eigenvalue weighted by Gasteiger charge is 2.41. The minimum atomic E-state index is -0.456. The van der Waals surface area contributed by atoms with Crippen LogP contribution in [0.2, 0.25) is 0 Å². The van der Waals surface area contributed by atoms with Crippen LogP contribution in [0.25, 0.3) is 0 Å². The van der Waals surface area contributed by atoms with Crippen LogP contribution in [0.3, 0.4) is 0 Å². The zero-order chi connectivity index (χ0) is 15.6. The fraction of sp³-hybridized carbons (Fsp3) is 0.562. The average molecular weight is 341 g/mol. The molecular weight excluding hydrogens is 321 g/mol. The Bertz CT molecular complexity index is 561. The van der Waals surface area contributed by atoms with Gasteiger partial charge in [-0.1, -0.05) is 6.07 Å². The van der Waals surface area contributed by atoms with E-state index in [1.54, 1.807) is 12.1 Å². The number of hydrogen-bond donors (Lipinski definition) is 1. The molecule has 1 aromatic carbocycles. The molecule has 1 spiro atoms. The molecule has 2 fully saturated rings. The number of thioether (sulfide) groups is 2. The maximum atomic E-state index is 14.0. The van der Waals surface area contributed by atoms with Crippen LogP contribution in [-0.2, 0) is 4.74 Å². The molecule has 0 aliphatic carbocycles. The number of hydrogen-bond acceptors (Lipinski definition) is 4. The largest absolute Gasteiger partial charge is 0.374 e. The molecular formula is C16H20FNO2S2. The summed E-state index contributed by atoms with van der Waals surface area (Å²) in [5.41, 5.74) is 0.0784. The summed E-state index contributed by atoms with van der Waals surface area (Å²) in [6, 6.07) is 4.82. The zero-order valence-electron chi connectivity index (χ0n) is 12.6. The smallest absolute Gasteiger partial charge is 0.255 e. The monoisotopic (exact) mass is 341 g/mol. The Morgan fingerprint density at radius 3 is 3.14 bits per heavy atom. The predicted octanol–water partition coefficient (Wildman–Crippen LogP) is 3.33. The van der Waals surface area contributed by atoms with Gasteiger partial charge in [0, 0.05) is 23.3 Å². The van der Waals surface area contributed by atoms with Crippen LogP contribution in [0.5, 0.6) is 0 Å². The minimum absolute atomic E-state index is 0.0641. The number of nitrogens with one attached hydrogen (secondary N) is 1. The van der Waals surface area contributed by atoms with E-state index in [0.717, 1.165) is 30.8 Å². The predicted molar refractivity (Wildman–Crippen MR) is 89.3 cm³/mol. The van der Waals surface area contributed by atoms with Crippen LogP contribution < -0.4 is 5.32 Å². The molecule has 2 aliphatic heterocycles. The molecule has 2 atom stereocenters. The molecule has 2 unspecified atom stereocenters. The van der Waals surface area contributed by atoms with E-state index in [9.17, 15) is 9.18 Å². The molecule has 2 saturated heterocycles. The van der Waals surface area contributed by atoms with E-state index in [0.29, 0.717) is 11.5 Å². The van der Waals surface area contributed by atoms with Gasteiger partial charge in [0.25, 0.3) is 5.91 Å². The molecule has 2 heterocycles. The van der Waals surface area contributed by atoms with Gasteiger partial charge in [0.2, 0.25) is 0 Å². The molecule has 1 aromatic rings. The Labute approximate surface area is 138 Å². The second-order valence-corrected chi connectivity index (χ2v) is 7.77. The second kappa shape index (κ2) is 6.81. The van der Waals surface area contributed by atoms with Crippen molar-refractivity contribution >= 4 is 29.4 Å². The minimum Gasteiger partial charge on any atom is -0.374 e. The summed E-state index contributed by atoms with van der Waals surface area (Å²) < 4.78 is 20.0. The third-order valence-corrected chi connectivity index (χ3v) is 6.32. The van der Waals surface area contributed by atoms with Gasteiger partial charge in [-0.3, -0.25) is 4.79 Å². The van der Waals surface area contributed by atoms with E-state index >= 15 is 0 Å².